The standard InChI is InChI=1S/C20H25N3O2/c1-22-10-7-17(14-20(22)25)15-23-11-8-18(9-12-23)21-19(24)13-16-5-3-2-4-6-16/h2-7,10,14,18H,8-9,11-13,15H2,1H3,(H,21,24). The SMILES string of the molecule is Cn1ccc(CN2CCC(NC(=O)Cc3ccccc3)CC2)cc1=O. The zero-order valence-corrected chi connectivity index (χ0v) is 14.6. The highest BCUT2D eigenvalue weighted by molar-refractivity contribution is 5.78. The monoisotopic (exact) mass is 339 g/mol. The van der Waals surface area contributed by atoms with E-state index in [9.17, 15) is 9.59 Å². The fraction of sp³-hybridized carbons (Fsp3) is 0.400. The van der Waals surface area contributed by atoms with Gasteiger partial charge in [-0.1, -0.05) is 30.3 Å². The summed E-state index contributed by atoms with van der Waals surface area (Å²) in [7, 11) is 1.76. The van der Waals surface area contributed by atoms with Crippen molar-refractivity contribution in [2.75, 3.05) is 13.1 Å². The van der Waals surface area contributed by atoms with E-state index in [2.05, 4.69) is 10.2 Å². The molecule has 0 aliphatic carbocycles. The van der Waals surface area contributed by atoms with E-state index in [0.29, 0.717) is 6.42 Å². The molecule has 0 spiro atoms. The predicted molar refractivity (Wildman–Crippen MR) is 98.3 cm³/mol. The lowest BCUT2D eigenvalue weighted by Crippen LogP contribution is -2.44. The van der Waals surface area contributed by atoms with Gasteiger partial charge < -0.3 is 9.88 Å². The molecule has 0 unspecified atom stereocenters. The number of pyridine rings is 1. The van der Waals surface area contributed by atoms with Gasteiger partial charge in [0.1, 0.15) is 0 Å². The molecule has 25 heavy (non-hydrogen) atoms. The first kappa shape index (κ1) is 17.4. The third-order valence-electron chi connectivity index (χ3n) is 4.74. The van der Waals surface area contributed by atoms with Gasteiger partial charge in [-0.15, -0.1) is 0 Å². The second-order valence-electron chi connectivity index (χ2n) is 6.76. The van der Waals surface area contributed by atoms with E-state index in [1.54, 1.807) is 17.7 Å². The molecule has 0 saturated carbocycles. The Morgan fingerprint density at radius 2 is 1.84 bits per heavy atom. The lowest BCUT2D eigenvalue weighted by atomic mass is 10.0. The lowest BCUT2D eigenvalue weighted by Gasteiger charge is -2.32. The van der Waals surface area contributed by atoms with Crippen molar-refractivity contribution in [3.8, 4) is 0 Å². The van der Waals surface area contributed by atoms with Crippen LogP contribution in [0.2, 0.25) is 0 Å². The van der Waals surface area contributed by atoms with Crippen molar-refractivity contribution in [2.45, 2.75) is 31.8 Å². The molecule has 5 heteroatoms. The molecule has 1 aromatic carbocycles. The molecule has 0 radical (unpaired) electrons. The van der Waals surface area contributed by atoms with E-state index < -0.39 is 0 Å². The molecule has 1 fully saturated rings. The number of nitrogens with one attached hydrogen (secondary N) is 1. The van der Waals surface area contributed by atoms with Crippen molar-refractivity contribution in [1.82, 2.24) is 14.8 Å². The highest BCUT2D eigenvalue weighted by Crippen LogP contribution is 2.13. The first-order chi connectivity index (χ1) is 12.1. The number of hydrogen-bond acceptors (Lipinski definition) is 3. The van der Waals surface area contributed by atoms with Gasteiger partial charge in [-0.2, -0.15) is 0 Å². The quantitative estimate of drug-likeness (QED) is 0.902. The topological polar surface area (TPSA) is 54.3 Å². The van der Waals surface area contributed by atoms with Gasteiger partial charge in [-0.25, -0.2) is 0 Å². The van der Waals surface area contributed by atoms with Crippen LogP contribution in [0, 0.1) is 0 Å². The van der Waals surface area contributed by atoms with E-state index >= 15 is 0 Å². The van der Waals surface area contributed by atoms with Gasteiger partial charge in [0.2, 0.25) is 5.91 Å². The summed E-state index contributed by atoms with van der Waals surface area (Å²) in [6.45, 7) is 2.66. The number of benzene rings is 1. The van der Waals surface area contributed by atoms with E-state index in [0.717, 1.165) is 43.6 Å². The van der Waals surface area contributed by atoms with Gasteiger partial charge >= 0.3 is 0 Å². The number of piperidine rings is 1. The Labute approximate surface area is 148 Å². The molecular weight excluding hydrogens is 314 g/mol. The molecule has 1 saturated heterocycles. The second-order valence-corrected chi connectivity index (χ2v) is 6.76. The van der Waals surface area contributed by atoms with Gasteiger partial charge in [-0.3, -0.25) is 14.5 Å². The largest absolute Gasteiger partial charge is 0.353 e. The van der Waals surface area contributed by atoms with Crippen molar-refractivity contribution in [1.29, 1.82) is 0 Å². The molecule has 0 bridgehead atoms. The molecule has 5 nitrogen and oxygen atoms in total. The highest BCUT2D eigenvalue weighted by Gasteiger charge is 2.20. The fourth-order valence-electron chi connectivity index (χ4n) is 3.24. The zero-order valence-electron chi connectivity index (χ0n) is 14.6. The van der Waals surface area contributed by atoms with Crippen LogP contribution in [0.25, 0.3) is 0 Å². The first-order valence-electron chi connectivity index (χ1n) is 8.81. The van der Waals surface area contributed by atoms with Crippen LogP contribution in [0.5, 0.6) is 0 Å². The number of aryl methyl sites for hydroxylation is 1. The van der Waals surface area contributed by atoms with Crippen LogP contribution in [0.4, 0.5) is 0 Å². The second kappa shape index (κ2) is 8.12. The molecule has 1 aliphatic rings. The van der Waals surface area contributed by atoms with Crippen LogP contribution in [0.1, 0.15) is 24.0 Å². The van der Waals surface area contributed by atoms with Crippen LogP contribution in [-0.2, 0) is 24.8 Å². The Bertz CT molecular complexity index is 762. The summed E-state index contributed by atoms with van der Waals surface area (Å²) in [6.07, 6.45) is 4.15. The summed E-state index contributed by atoms with van der Waals surface area (Å²) in [5.41, 5.74) is 2.12. The zero-order chi connectivity index (χ0) is 17.6. The summed E-state index contributed by atoms with van der Waals surface area (Å²) in [5, 5.41) is 3.15. The summed E-state index contributed by atoms with van der Waals surface area (Å²) in [5.74, 6) is 0.0937. The van der Waals surface area contributed by atoms with Gasteiger partial charge in [0.15, 0.2) is 0 Å². The van der Waals surface area contributed by atoms with Crippen molar-refractivity contribution in [3.63, 3.8) is 0 Å². The molecule has 132 valence electrons. The maximum Gasteiger partial charge on any atom is 0.250 e. The lowest BCUT2D eigenvalue weighted by molar-refractivity contribution is -0.121. The maximum absolute atomic E-state index is 12.2. The van der Waals surface area contributed by atoms with Crippen molar-refractivity contribution in [3.05, 3.63) is 70.1 Å². The summed E-state index contributed by atoms with van der Waals surface area (Å²) < 4.78 is 1.58. The van der Waals surface area contributed by atoms with Crippen molar-refractivity contribution >= 4 is 5.91 Å². The molecule has 1 N–H and O–H groups in total. The van der Waals surface area contributed by atoms with E-state index in [1.807, 2.05) is 42.6 Å². The Morgan fingerprint density at radius 3 is 2.52 bits per heavy atom. The summed E-state index contributed by atoms with van der Waals surface area (Å²) in [4.78, 5) is 26.2. The minimum Gasteiger partial charge on any atom is -0.353 e. The minimum absolute atomic E-state index is 0.0283. The number of amides is 1. The maximum atomic E-state index is 12.2. The van der Waals surface area contributed by atoms with E-state index in [1.165, 1.54) is 0 Å². The number of rotatable bonds is 5. The van der Waals surface area contributed by atoms with Crippen molar-refractivity contribution in [2.24, 2.45) is 7.05 Å². The Kier molecular flexibility index (Phi) is 5.66. The van der Waals surface area contributed by atoms with Gasteiger partial charge in [-0.05, 0) is 30.0 Å². The van der Waals surface area contributed by atoms with Gasteiger partial charge in [0, 0.05) is 45.0 Å². The third-order valence-corrected chi connectivity index (χ3v) is 4.74. The Hall–Kier alpha value is -2.40. The van der Waals surface area contributed by atoms with Crippen LogP contribution < -0.4 is 10.9 Å². The highest BCUT2D eigenvalue weighted by atomic mass is 16.1. The van der Waals surface area contributed by atoms with E-state index in [4.69, 9.17) is 0 Å². The normalized spacial score (nSPS) is 15.9. The number of carbonyl (C=O) groups excluding carboxylic acids is 1. The minimum atomic E-state index is 0.0283. The summed E-state index contributed by atoms with van der Waals surface area (Å²) in [6, 6.07) is 13.8. The number of likely N-dealkylation sites (tertiary alicyclic amines) is 1. The molecule has 3 rings (SSSR count). The Morgan fingerprint density at radius 1 is 1.12 bits per heavy atom. The van der Waals surface area contributed by atoms with Gasteiger partial charge in [0.05, 0.1) is 6.42 Å². The van der Waals surface area contributed by atoms with Crippen molar-refractivity contribution < 1.29 is 4.79 Å². The Balaban J connectivity index is 1.44. The average molecular weight is 339 g/mol. The number of carbonyl (C=O) groups is 1. The number of aromatic nitrogens is 1. The average Bonchev–Trinajstić information content (AvgIpc) is 2.61. The molecule has 1 aromatic heterocycles. The van der Waals surface area contributed by atoms with E-state index in [-0.39, 0.29) is 17.5 Å². The molecule has 1 aliphatic heterocycles. The van der Waals surface area contributed by atoms with Crippen LogP contribution in [0.15, 0.2) is 53.5 Å². The molecule has 1 amide bonds. The van der Waals surface area contributed by atoms with Crippen LogP contribution in [-0.4, -0.2) is 34.5 Å². The van der Waals surface area contributed by atoms with Crippen LogP contribution >= 0.6 is 0 Å². The predicted octanol–water partition coefficient (Wildman–Crippen LogP) is 1.71. The number of nitrogens with zero attached hydrogens (tertiary/aromatic N) is 2. The third kappa shape index (κ3) is 5.03. The first-order valence-corrected chi connectivity index (χ1v) is 8.81. The summed E-state index contributed by atoms with van der Waals surface area (Å²) >= 11 is 0. The molecule has 2 heterocycles. The molecule has 2 aromatic rings. The number of hydrogen-bond donors (Lipinski definition) is 1. The molecular formula is C20H25N3O2. The molecule has 0 atom stereocenters. The fourth-order valence-corrected chi connectivity index (χ4v) is 3.24. The van der Waals surface area contributed by atoms with Gasteiger partial charge in [0.25, 0.3) is 5.56 Å². The van der Waals surface area contributed by atoms with Crippen LogP contribution in [0.3, 0.4) is 0 Å². The smallest absolute Gasteiger partial charge is 0.250 e.